The Morgan fingerprint density at radius 3 is 2.57 bits per heavy atom. The highest BCUT2D eigenvalue weighted by Crippen LogP contribution is 2.26. The Morgan fingerprint density at radius 2 is 1.73 bits per heavy atom. The first-order chi connectivity index (χ1) is 18.1. The Kier molecular flexibility index (Phi) is 6.45. The molecule has 2 aromatic heterocycles. The molecular formula is C30H28FN3O3. The summed E-state index contributed by atoms with van der Waals surface area (Å²) in [6.45, 7) is 3.14. The van der Waals surface area contributed by atoms with Crippen molar-refractivity contribution in [1.29, 1.82) is 0 Å². The van der Waals surface area contributed by atoms with E-state index in [1.807, 2.05) is 54.6 Å². The number of aromatic nitrogens is 2. The Bertz CT molecular complexity index is 1580. The minimum atomic E-state index is -0.253. The predicted molar refractivity (Wildman–Crippen MR) is 142 cm³/mol. The summed E-state index contributed by atoms with van der Waals surface area (Å²) in [5.41, 5.74) is 3.95. The zero-order chi connectivity index (χ0) is 25.2. The van der Waals surface area contributed by atoms with Gasteiger partial charge in [-0.15, -0.1) is 0 Å². The summed E-state index contributed by atoms with van der Waals surface area (Å²) >= 11 is 0. The first-order valence-electron chi connectivity index (χ1n) is 12.7. The van der Waals surface area contributed by atoms with Crippen molar-refractivity contribution < 1.29 is 13.5 Å². The second-order valence-electron chi connectivity index (χ2n) is 9.60. The number of hydrogen-bond donors (Lipinski definition) is 0. The summed E-state index contributed by atoms with van der Waals surface area (Å²) in [5, 5.41) is 0.952. The average molecular weight is 498 g/mol. The standard InChI is InChI=1S/C30H28FN3O3/c31-24-11-9-21(10-12-24)20-34-27-7-3-2-6-26(27)32-30(34)36-25-14-17-33(18-15-25)16-13-23-19-22-5-1-4-8-28(22)37-29(23)35/h1-12,19,25H,13-18,20H2. The van der Waals surface area contributed by atoms with Crippen LogP contribution in [0.3, 0.4) is 0 Å². The van der Waals surface area contributed by atoms with Gasteiger partial charge >= 0.3 is 5.63 Å². The van der Waals surface area contributed by atoms with Crippen LogP contribution in [0.1, 0.15) is 24.0 Å². The number of likely N-dealkylation sites (tertiary alicyclic amines) is 1. The van der Waals surface area contributed by atoms with E-state index >= 15 is 0 Å². The number of fused-ring (bicyclic) bond motifs is 2. The second kappa shape index (κ2) is 10.2. The summed E-state index contributed by atoms with van der Waals surface area (Å²) in [5.74, 6) is -0.246. The SMILES string of the molecule is O=c1oc2ccccc2cc1CCN1CCC(Oc2nc3ccccc3n2Cc2ccc(F)cc2)CC1. The average Bonchev–Trinajstić information content (AvgIpc) is 3.26. The molecule has 0 saturated carbocycles. The number of ether oxygens (including phenoxy) is 1. The molecule has 0 unspecified atom stereocenters. The van der Waals surface area contributed by atoms with Crippen LogP contribution in [0.15, 0.2) is 88.1 Å². The van der Waals surface area contributed by atoms with Crippen molar-refractivity contribution in [3.05, 3.63) is 106 Å². The summed E-state index contributed by atoms with van der Waals surface area (Å²) in [6, 6.07) is 24.7. The minimum Gasteiger partial charge on any atom is -0.461 e. The third-order valence-electron chi connectivity index (χ3n) is 7.09. The largest absolute Gasteiger partial charge is 0.461 e. The van der Waals surface area contributed by atoms with Gasteiger partial charge in [-0.25, -0.2) is 9.18 Å². The molecule has 0 atom stereocenters. The van der Waals surface area contributed by atoms with Gasteiger partial charge in [0, 0.05) is 30.6 Å². The van der Waals surface area contributed by atoms with E-state index in [1.54, 1.807) is 12.1 Å². The number of para-hydroxylation sites is 3. The summed E-state index contributed by atoms with van der Waals surface area (Å²) in [4.78, 5) is 19.5. The van der Waals surface area contributed by atoms with Crippen LogP contribution in [-0.4, -0.2) is 40.2 Å². The fourth-order valence-corrected chi connectivity index (χ4v) is 5.03. The smallest absolute Gasteiger partial charge is 0.339 e. The molecule has 1 aliphatic rings. The van der Waals surface area contributed by atoms with Gasteiger partial charge in [0.1, 0.15) is 17.5 Å². The molecule has 37 heavy (non-hydrogen) atoms. The van der Waals surface area contributed by atoms with Gasteiger partial charge in [0.25, 0.3) is 6.01 Å². The molecule has 0 radical (unpaired) electrons. The van der Waals surface area contributed by atoms with Gasteiger partial charge < -0.3 is 14.1 Å². The Morgan fingerprint density at radius 1 is 0.973 bits per heavy atom. The first kappa shape index (κ1) is 23.4. The number of nitrogens with zero attached hydrogens (tertiary/aromatic N) is 3. The van der Waals surface area contributed by atoms with Crippen molar-refractivity contribution in [2.24, 2.45) is 0 Å². The molecule has 3 aromatic carbocycles. The maximum atomic E-state index is 13.4. The molecule has 1 saturated heterocycles. The van der Waals surface area contributed by atoms with Gasteiger partial charge in [0.15, 0.2) is 0 Å². The van der Waals surface area contributed by atoms with Crippen molar-refractivity contribution >= 4 is 22.0 Å². The molecule has 6 nitrogen and oxygen atoms in total. The fraction of sp³-hybridized carbons (Fsp3) is 0.267. The van der Waals surface area contributed by atoms with Crippen LogP contribution < -0.4 is 10.4 Å². The molecule has 0 aliphatic carbocycles. The number of halogens is 1. The minimum absolute atomic E-state index is 0.0609. The van der Waals surface area contributed by atoms with Gasteiger partial charge in [0.2, 0.25) is 0 Å². The third-order valence-corrected chi connectivity index (χ3v) is 7.09. The lowest BCUT2D eigenvalue weighted by molar-refractivity contribution is 0.0907. The van der Waals surface area contributed by atoms with Crippen LogP contribution in [-0.2, 0) is 13.0 Å². The molecule has 1 fully saturated rings. The molecule has 7 heteroatoms. The van der Waals surface area contributed by atoms with Crippen LogP contribution in [0, 0.1) is 5.82 Å². The van der Waals surface area contributed by atoms with Gasteiger partial charge in [-0.1, -0.05) is 42.5 Å². The van der Waals surface area contributed by atoms with E-state index in [4.69, 9.17) is 14.1 Å². The number of rotatable bonds is 7. The quantitative estimate of drug-likeness (QED) is 0.281. The first-order valence-corrected chi connectivity index (χ1v) is 12.7. The van der Waals surface area contributed by atoms with Crippen LogP contribution in [0.25, 0.3) is 22.0 Å². The normalized spacial score (nSPS) is 14.9. The number of imidazole rings is 1. The highest BCUT2D eigenvalue weighted by atomic mass is 19.1. The number of piperidine rings is 1. The predicted octanol–water partition coefficient (Wildman–Crippen LogP) is 5.42. The van der Waals surface area contributed by atoms with Crippen molar-refractivity contribution in [1.82, 2.24) is 14.5 Å². The van der Waals surface area contributed by atoms with Crippen molar-refractivity contribution in [3.63, 3.8) is 0 Å². The van der Waals surface area contributed by atoms with E-state index in [0.717, 1.165) is 54.5 Å². The lowest BCUT2D eigenvalue weighted by Gasteiger charge is -2.31. The summed E-state index contributed by atoms with van der Waals surface area (Å²) < 4.78 is 27.4. The van der Waals surface area contributed by atoms with Crippen molar-refractivity contribution in [2.45, 2.75) is 31.9 Å². The Balaban J connectivity index is 1.10. The van der Waals surface area contributed by atoms with E-state index in [9.17, 15) is 9.18 Å². The lowest BCUT2D eigenvalue weighted by Crippen LogP contribution is -2.39. The molecule has 6 rings (SSSR count). The third kappa shape index (κ3) is 5.13. The monoisotopic (exact) mass is 497 g/mol. The number of benzene rings is 3. The van der Waals surface area contributed by atoms with E-state index in [1.165, 1.54) is 12.1 Å². The molecule has 0 amide bonds. The second-order valence-corrected chi connectivity index (χ2v) is 9.60. The van der Waals surface area contributed by atoms with Crippen LogP contribution in [0.2, 0.25) is 0 Å². The number of hydrogen-bond acceptors (Lipinski definition) is 5. The topological polar surface area (TPSA) is 60.5 Å². The molecule has 0 spiro atoms. The highest BCUT2D eigenvalue weighted by molar-refractivity contribution is 5.77. The lowest BCUT2D eigenvalue weighted by atomic mass is 10.1. The van der Waals surface area contributed by atoms with E-state index < -0.39 is 0 Å². The maximum absolute atomic E-state index is 13.4. The van der Waals surface area contributed by atoms with Crippen LogP contribution in [0.4, 0.5) is 4.39 Å². The summed E-state index contributed by atoms with van der Waals surface area (Å²) in [6.07, 6.45) is 2.48. The van der Waals surface area contributed by atoms with E-state index in [-0.39, 0.29) is 17.5 Å². The summed E-state index contributed by atoms with van der Waals surface area (Å²) in [7, 11) is 0. The van der Waals surface area contributed by atoms with Gasteiger partial charge in [-0.05, 0) is 61.2 Å². The molecule has 1 aliphatic heterocycles. The Labute approximate surface area is 213 Å². The molecule has 5 aromatic rings. The zero-order valence-electron chi connectivity index (χ0n) is 20.5. The zero-order valence-corrected chi connectivity index (χ0v) is 20.5. The van der Waals surface area contributed by atoms with Gasteiger partial charge in [-0.2, -0.15) is 4.98 Å². The van der Waals surface area contributed by atoms with Crippen LogP contribution >= 0.6 is 0 Å². The van der Waals surface area contributed by atoms with Crippen LogP contribution in [0.5, 0.6) is 6.01 Å². The molecule has 3 heterocycles. The van der Waals surface area contributed by atoms with Crippen molar-refractivity contribution in [2.75, 3.05) is 19.6 Å². The van der Waals surface area contributed by atoms with E-state index in [0.29, 0.717) is 30.1 Å². The van der Waals surface area contributed by atoms with E-state index in [2.05, 4.69) is 9.47 Å². The maximum Gasteiger partial charge on any atom is 0.339 e. The molecular weight excluding hydrogens is 469 g/mol. The molecule has 0 bridgehead atoms. The fourth-order valence-electron chi connectivity index (χ4n) is 5.03. The van der Waals surface area contributed by atoms with Gasteiger partial charge in [0.05, 0.1) is 17.6 Å². The molecule has 0 N–H and O–H groups in total. The van der Waals surface area contributed by atoms with Gasteiger partial charge in [-0.3, -0.25) is 4.57 Å². The Hall–Kier alpha value is -3.97. The van der Waals surface area contributed by atoms with Crippen molar-refractivity contribution in [3.8, 4) is 6.01 Å². The highest BCUT2D eigenvalue weighted by Gasteiger charge is 2.23. The molecule has 188 valence electrons.